The smallest absolute Gasteiger partial charge is 0.248 e. The van der Waals surface area contributed by atoms with E-state index < -0.39 is 0 Å². The molecule has 182 valence electrons. The number of nitrogens with zero attached hydrogens (tertiary/aromatic N) is 1. The van der Waals surface area contributed by atoms with Crippen molar-refractivity contribution in [2.45, 2.75) is 17.1 Å². The van der Waals surface area contributed by atoms with Crippen molar-refractivity contribution in [3.63, 3.8) is 0 Å². The van der Waals surface area contributed by atoms with Crippen LogP contribution in [0, 0.1) is 0 Å². The van der Waals surface area contributed by atoms with Crippen molar-refractivity contribution in [3.8, 4) is 17.0 Å². The van der Waals surface area contributed by atoms with E-state index in [-0.39, 0.29) is 17.1 Å². The van der Waals surface area contributed by atoms with Gasteiger partial charge in [-0.1, -0.05) is 48.5 Å². The van der Waals surface area contributed by atoms with Crippen LogP contribution in [0.5, 0.6) is 5.75 Å². The Labute approximate surface area is 218 Å². The second-order valence-electron chi connectivity index (χ2n) is 7.75. The van der Waals surface area contributed by atoms with Crippen molar-refractivity contribution in [2.24, 2.45) is 0 Å². The fraction of sp³-hybridized carbons (Fsp3) is 0.107. The Morgan fingerprint density at radius 2 is 1.78 bits per heavy atom. The molecule has 36 heavy (non-hydrogen) atoms. The van der Waals surface area contributed by atoms with E-state index in [4.69, 9.17) is 4.74 Å². The van der Waals surface area contributed by atoms with Gasteiger partial charge in [-0.25, -0.2) is 4.98 Å². The second kappa shape index (κ2) is 12.2. The fourth-order valence-electron chi connectivity index (χ4n) is 3.34. The normalized spacial score (nSPS) is 11.7. The van der Waals surface area contributed by atoms with Crippen LogP contribution in [0.15, 0.2) is 95.2 Å². The molecule has 2 amide bonds. The van der Waals surface area contributed by atoms with Crippen molar-refractivity contribution in [2.75, 3.05) is 17.7 Å². The third-order valence-electron chi connectivity index (χ3n) is 5.13. The largest absolute Gasteiger partial charge is 0.496 e. The van der Waals surface area contributed by atoms with Crippen LogP contribution < -0.4 is 15.4 Å². The van der Waals surface area contributed by atoms with E-state index in [1.165, 1.54) is 29.2 Å². The Morgan fingerprint density at radius 3 is 2.58 bits per heavy atom. The molecule has 0 aliphatic heterocycles. The van der Waals surface area contributed by atoms with E-state index >= 15 is 0 Å². The fourth-order valence-corrected chi connectivity index (χ4v) is 4.98. The maximum Gasteiger partial charge on any atom is 0.248 e. The number of methoxy groups -OCH3 is 1. The van der Waals surface area contributed by atoms with E-state index in [1.807, 2.05) is 91.2 Å². The highest BCUT2D eigenvalue weighted by Crippen LogP contribution is 2.32. The van der Waals surface area contributed by atoms with Crippen LogP contribution in [0.1, 0.15) is 12.5 Å². The molecule has 2 N–H and O–H groups in total. The van der Waals surface area contributed by atoms with E-state index in [9.17, 15) is 9.59 Å². The topological polar surface area (TPSA) is 80.3 Å². The first-order valence-electron chi connectivity index (χ1n) is 11.2. The van der Waals surface area contributed by atoms with Crippen LogP contribution in [-0.4, -0.2) is 29.2 Å². The van der Waals surface area contributed by atoms with Gasteiger partial charge < -0.3 is 15.4 Å². The predicted molar refractivity (Wildman–Crippen MR) is 149 cm³/mol. The summed E-state index contributed by atoms with van der Waals surface area (Å²) in [4.78, 5) is 30.5. The van der Waals surface area contributed by atoms with Gasteiger partial charge in [0.15, 0.2) is 5.13 Å². The number of carbonyl (C=O) groups excluding carboxylic acids is 2. The molecular weight excluding hydrogens is 490 g/mol. The third-order valence-corrected chi connectivity index (χ3v) is 6.98. The second-order valence-corrected chi connectivity index (χ2v) is 10.0. The van der Waals surface area contributed by atoms with Gasteiger partial charge in [-0.15, -0.1) is 23.1 Å². The number of para-hydroxylation sites is 1. The first-order chi connectivity index (χ1) is 17.5. The molecule has 0 radical (unpaired) electrons. The molecule has 0 saturated carbocycles. The molecule has 0 saturated heterocycles. The first kappa shape index (κ1) is 25.2. The van der Waals surface area contributed by atoms with Crippen molar-refractivity contribution >= 4 is 51.8 Å². The molecule has 1 atom stereocenters. The van der Waals surface area contributed by atoms with E-state index in [1.54, 1.807) is 13.2 Å². The Hall–Kier alpha value is -3.88. The molecule has 0 aliphatic rings. The maximum atomic E-state index is 12.8. The monoisotopic (exact) mass is 515 g/mol. The number of amides is 2. The molecule has 6 nitrogen and oxygen atoms in total. The molecule has 0 aliphatic carbocycles. The minimum absolute atomic E-state index is 0.152. The summed E-state index contributed by atoms with van der Waals surface area (Å²) in [6.07, 6.45) is 3.26. The van der Waals surface area contributed by atoms with Gasteiger partial charge in [-0.2, -0.15) is 0 Å². The maximum absolute atomic E-state index is 12.8. The number of aromatic nitrogens is 1. The Kier molecular flexibility index (Phi) is 8.54. The van der Waals surface area contributed by atoms with Gasteiger partial charge in [-0.05, 0) is 48.9 Å². The van der Waals surface area contributed by atoms with Crippen molar-refractivity contribution in [1.82, 2.24) is 4.98 Å². The Bertz CT molecular complexity index is 1370. The summed E-state index contributed by atoms with van der Waals surface area (Å²) in [5, 5.41) is 7.81. The van der Waals surface area contributed by atoms with E-state index in [0.29, 0.717) is 10.8 Å². The average molecular weight is 516 g/mol. The highest BCUT2D eigenvalue weighted by molar-refractivity contribution is 8.00. The standard InChI is InChI=1S/C28H25N3O3S2/c1-19(27(33)31-28-30-24(18-35-28)23-13-6-7-14-25(23)34-2)36-22-12-8-11-21(17-22)29-26(32)16-15-20-9-4-3-5-10-20/h3-19H,1-2H3,(H,29,32)(H,30,31,33)/b16-15+. The molecule has 4 aromatic rings. The quantitative estimate of drug-likeness (QED) is 0.194. The lowest BCUT2D eigenvalue weighted by molar-refractivity contribution is -0.115. The molecule has 3 aromatic carbocycles. The lowest BCUT2D eigenvalue weighted by atomic mass is 10.1. The number of benzene rings is 3. The van der Waals surface area contributed by atoms with Crippen LogP contribution in [-0.2, 0) is 9.59 Å². The van der Waals surface area contributed by atoms with Gasteiger partial charge >= 0.3 is 0 Å². The van der Waals surface area contributed by atoms with Crippen molar-refractivity contribution < 1.29 is 14.3 Å². The number of thioether (sulfide) groups is 1. The van der Waals surface area contributed by atoms with Gasteiger partial charge in [0.2, 0.25) is 11.8 Å². The zero-order valence-electron chi connectivity index (χ0n) is 19.8. The molecule has 1 unspecified atom stereocenters. The van der Waals surface area contributed by atoms with Crippen LogP contribution >= 0.6 is 23.1 Å². The number of hydrogen-bond donors (Lipinski definition) is 2. The highest BCUT2D eigenvalue weighted by atomic mass is 32.2. The molecule has 8 heteroatoms. The zero-order chi connectivity index (χ0) is 25.3. The number of rotatable bonds is 9. The van der Waals surface area contributed by atoms with E-state index in [0.717, 1.165) is 27.5 Å². The number of thiazole rings is 1. The summed E-state index contributed by atoms with van der Waals surface area (Å²) in [5.74, 6) is 0.356. The number of hydrogen-bond acceptors (Lipinski definition) is 6. The number of anilines is 2. The molecular formula is C28H25N3O3S2. The van der Waals surface area contributed by atoms with Crippen LogP contribution in [0.3, 0.4) is 0 Å². The van der Waals surface area contributed by atoms with Gasteiger partial charge in [0.05, 0.1) is 18.1 Å². The molecule has 1 heterocycles. The number of ether oxygens (including phenoxy) is 1. The summed E-state index contributed by atoms with van der Waals surface area (Å²) >= 11 is 2.77. The van der Waals surface area contributed by atoms with Crippen LogP contribution in [0.4, 0.5) is 10.8 Å². The molecule has 1 aromatic heterocycles. The molecule has 0 bridgehead atoms. The number of nitrogens with one attached hydrogen (secondary N) is 2. The summed E-state index contributed by atoms with van der Waals surface area (Å²) in [6, 6.07) is 24.7. The van der Waals surface area contributed by atoms with Crippen LogP contribution in [0.25, 0.3) is 17.3 Å². The molecule has 0 fully saturated rings. The summed E-state index contributed by atoms with van der Waals surface area (Å²) < 4.78 is 5.41. The lowest BCUT2D eigenvalue weighted by Gasteiger charge is -2.11. The third kappa shape index (κ3) is 6.84. The van der Waals surface area contributed by atoms with Crippen LogP contribution in [0.2, 0.25) is 0 Å². The summed E-state index contributed by atoms with van der Waals surface area (Å²) in [6.45, 7) is 1.84. The van der Waals surface area contributed by atoms with Crippen molar-refractivity contribution in [3.05, 3.63) is 95.9 Å². The lowest BCUT2D eigenvalue weighted by Crippen LogP contribution is -2.22. The minimum Gasteiger partial charge on any atom is -0.496 e. The predicted octanol–water partition coefficient (Wildman–Crippen LogP) is 6.59. The Balaban J connectivity index is 1.34. The number of carbonyl (C=O) groups is 2. The van der Waals surface area contributed by atoms with Gasteiger partial charge in [0.25, 0.3) is 0 Å². The van der Waals surface area contributed by atoms with Gasteiger partial charge in [0, 0.05) is 27.6 Å². The average Bonchev–Trinajstić information content (AvgIpc) is 3.36. The molecule has 4 rings (SSSR count). The van der Waals surface area contributed by atoms with Gasteiger partial charge in [0.1, 0.15) is 5.75 Å². The summed E-state index contributed by atoms with van der Waals surface area (Å²) in [5.41, 5.74) is 3.23. The zero-order valence-corrected chi connectivity index (χ0v) is 21.4. The summed E-state index contributed by atoms with van der Waals surface area (Å²) in [7, 11) is 1.62. The highest BCUT2D eigenvalue weighted by Gasteiger charge is 2.17. The minimum atomic E-state index is -0.368. The molecule has 0 spiro atoms. The first-order valence-corrected chi connectivity index (χ1v) is 13.0. The van der Waals surface area contributed by atoms with E-state index in [2.05, 4.69) is 15.6 Å². The van der Waals surface area contributed by atoms with Crippen molar-refractivity contribution in [1.29, 1.82) is 0 Å². The SMILES string of the molecule is COc1ccccc1-c1csc(NC(=O)C(C)Sc2cccc(NC(=O)/C=C/c3ccccc3)c2)n1. The Morgan fingerprint density at radius 1 is 1.00 bits per heavy atom. The van der Waals surface area contributed by atoms with Gasteiger partial charge in [-0.3, -0.25) is 9.59 Å².